The molecular formula is C64H80N30O21S2. The number of urea groups is 2. The van der Waals surface area contributed by atoms with Gasteiger partial charge in [0.05, 0.1) is 79.7 Å². The minimum atomic E-state index is -1.45. The number of nitrogens with zero attached hydrogens (tertiary/aromatic N) is 18. The van der Waals surface area contributed by atoms with Gasteiger partial charge >= 0.3 is 24.0 Å². The molecule has 0 aromatic carbocycles. The third-order valence-electron chi connectivity index (χ3n) is 21.5. The summed E-state index contributed by atoms with van der Waals surface area (Å²) in [6.45, 7) is -0.775. The van der Waals surface area contributed by atoms with Gasteiger partial charge in [0.2, 0.25) is 23.8 Å². The molecule has 117 heavy (non-hydrogen) atoms. The van der Waals surface area contributed by atoms with Crippen molar-refractivity contribution in [2.75, 3.05) is 47.7 Å². The van der Waals surface area contributed by atoms with E-state index < -0.39 is 139 Å². The first-order valence-corrected chi connectivity index (χ1v) is 39.1. The highest BCUT2D eigenvalue weighted by molar-refractivity contribution is 8.00. The number of nitrogens with one attached hydrogen (secondary N) is 8. The van der Waals surface area contributed by atoms with Crippen LogP contribution >= 0.6 is 23.5 Å². The van der Waals surface area contributed by atoms with E-state index in [1.165, 1.54) is 65.3 Å². The van der Waals surface area contributed by atoms with Crippen LogP contribution < -0.4 is 66.4 Å². The van der Waals surface area contributed by atoms with E-state index in [9.17, 15) is 74.1 Å². The molecule has 8 saturated heterocycles. The molecule has 0 aliphatic carbocycles. The highest BCUT2D eigenvalue weighted by atomic mass is 32.2. The third-order valence-corrected chi connectivity index (χ3v) is 24.5. The van der Waals surface area contributed by atoms with Crippen LogP contribution in [0.25, 0.3) is 44.7 Å². The Labute approximate surface area is 661 Å². The fraction of sp³-hybridized carbons (Fsp3) is 0.562. The number of carbonyl (C=O) groups excluding carboxylic acids is 3. The summed E-state index contributed by atoms with van der Waals surface area (Å²) in [5, 5.41) is 114. The molecule has 8 aliphatic heterocycles. The van der Waals surface area contributed by atoms with Crippen LogP contribution in [0.5, 0.6) is 0 Å². The van der Waals surface area contributed by atoms with Crippen LogP contribution in [0.15, 0.2) is 56.9 Å². The van der Waals surface area contributed by atoms with Crippen LogP contribution in [0.2, 0.25) is 0 Å². The average Bonchev–Trinajstić information content (AvgIpc) is 1.61. The van der Waals surface area contributed by atoms with Crippen LogP contribution in [-0.4, -0.2) is 293 Å². The fourth-order valence-corrected chi connectivity index (χ4v) is 19.0. The SMILES string of the molecule is Nc1nc2c(ncn2[C@@H]2O[C@H](Cc3cn([C@H]4[C@@H](O)[C@H](n5cnc6c(=O)[nH]c(N)nc65)O[C@@H]4CO)nn3)[C@@H](O)[C@H]2O)c(=O)[nH]1.Nc1nc2c(ncn2[C@@H]2O[C@H](Cc3cn([C@H]4[C@@H](O)[C@H](n5cnc6c(=O)[nH]c(N)nc65)O[C@@H]4COC(=O)CCCC[C@@H]4SC[C@@H]5NC(=O)N[C@@H]54)nn3)[C@@H](O)[C@H]2O)c(=O)[nH]1.O=C(O)CCCC[C@@H]1SC[C@@H]2NC(=O)N[C@@H]21. The number of aromatic nitrogens is 22. The van der Waals surface area contributed by atoms with Crippen LogP contribution in [0.3, 0.4) is 0 Å². The number of imidazole rings is 4. The van der Waals surface area contributed by atoms with Crippen molar-refractivity contribution in [3.05, 3.63) is 90.5 Å². The molecule has 0 unspecified atom stereocenters. The Morgan fingerprint density at radius 3 is 1.22 bits per heavy atom. The Hall–Kier alpha value is -11.4. The second kappa shape index (κ2) is 32.6. The average molecular weight is 1670 g/mol. The molecule has 8 aliphatic rings. The lowest BCUT2D eigenvalue weighted by molar-refractivity contribution is -0.149. The predicted octanol–water partition coefficient (Wildman–Crippen LogP) is -6.60. The number of esters is 1. The third kappa shape index (κ3) is 15.6. The lowest BCUT2D eigenvalue weighted by atomic mass is 10.0. The van der Waals surface area contributed by atoms with E-state index in [4.69, 9.17) is 51.7 Å². The number of carbonyl (C=O) groups is 4. The number of carboxylic acid groups (broad SMARTS) is 1. The molecule has 22 atom stereocenters. The summed E-state index contributed by atoms with van der Waals surface area (Å²) in [6.07, 6.45) is -3.69. The summed E-state index contributed by atoms with van der Waals surface area (Å²) in [7, 11) is 0. The van der Waals surface area contributed by atoms with Crippen LogP contribution in [0, 0.1) is 0 Å². The van der Waals surface area contributed by atoms with Gasteiger partial charge in [-0.15, -0.1) is 10.2 Å². The maximum absolute atomic E-state index is 13.0. The van der Waals surface area contributed by atoms with Crippen molar-refractivity contribution in [1.29, 1.82) is 0 Å². The number of aromatic amines is 4. The second-order valence-electron chi connectivity index (χ2n) is 29.1. The van der Waals surface area contributed by atoms with E-state index in [1.807, 2.05) is 11.8 Å². The number of hydrogen-bond donors (Lipinski definition) is 20. The van der Waals surface area contributed by atoms with E-state index in [2.05, 4.69) is 102 Å². The number of carboxylic acids is 1. The number of aliphatic carboxylic acids is 1. The van der Waals surface area contributed by atoms with Gasteiger partial charge < -0.3 is 109 Å². The smallest absolute Gasteiger partial charge is 0.315 e. The number of rotatable bonds is 23. The lowest BCUT2D eigenvalue weighted by Crippen LogP contribution is -2.36. The van der Waals surface area contributed by atoms with Gasteiger partial charge in [-0.2, -0.15) is 43.5 Å². The zero-order valence-electron chi connectivity index (χ0n) is 61.1. The van der Waals surface area contributed by atoms with Crippen molar-refractivity contribution in [3.8, 4) is 0 Å². The molecule has 10 aromatic rings. The topological polar surface area (TPSA) is 744 Å². The van der Waals surface area contributed by atoms with Gasteiger partial charge in [0.1, 0.15) is 67.5 Å². The number of nitrogens with two attached hydrogens (primary N) is 4. The Morgan fingerprint density at radius 1 is 0.479 bits per heavy atom. The predicted molar refractivity (Wildman–Crippen MR) is 401 cm³/mol. The highest BCUT2D eigenvalue weighted by Gasteiger charge is 2.52. The number of aliphatic hydroxyl groups is 7. The number of hydrogen-bond acceptors (Lipinski definition) is 38. The number of thioether (sulfide) groups is 2. The van der Waals surface area contributed by atoms with Gasteiger partial charge in [-0.05, 0) is 25.7 Å². The number of fused-ring (bicyclic) bond motifs is 6. The Kier molecular flexibility index (Phi) is 22.1. The highest BCUT2D eigenvalue weighted by Crippen LogP contribution is 2.42. The van der Waals surface area contributed by atoms with Crippen molar-refractivity contribution in [3.63, 3.8) is 0 Å². The van der Waals surface area contributed by atoms with Gasteiger partial charge in [0.15, 0.2) is 69.6 Å². The quantitative estimate of drug-likeness (QED) is 0.0161. The zero-order chi connectivity index (χ0) is 82.1. The normalized spacial score (nSPS) is 30.3. The zero-order valence-corrected chi connectivity index (χ0v) is 62.8. The molecule has 18 rings (SSSR count). The molecule has 8 fully saturated rings. The summed E-state index contributed by atoms with van der Waals surface area (Å²) >= 11 is 3.67. The number of aliphatic hydroxyl groups excluding tert-OH is 7. The number of anilines is 4. The summed E-state index contributed by atoms with van der Waals surface area (Å²) in [6, 6.07) is -1.45. The van der Waals surface area contributed by atoms with E-state index in [0.29, 0.717) is 23.1 Å². The minimum absolute atomic E-state index is 0.00741. The summed E-state index contributed by atoms with van der Waals surface area (Å²) in [5.74, 6) is -0.0503. The molecule has 0 bridgehead atoms. The van der Waals surface area contributed by atoms with Crippen molar-refractivity contribution < 1.29 is 83.7 Å². The first kappa shape index (κ1) is 79.5. The summed E-state index contributed by atoms with van der Waals surface area (Å²) < 4.78 is 37.7. The molecule has 53 heteroatoms. The number of H-pyrrole nitrogens is 4. The van der Waals surface area contributed by atoms with Crippen LogP contribution in [-0.2, 0) is 46.1 Å². The summed E-state index contributed by atoms with van der Waals surface area (Å²) in [4.78, 5) is 137. The van der Waals surface area contributed by atoms with Gasteiger partial charge in [-0.3, -0.25) is 67.0 Å². The van der Waals surface area contributed by atoms with Crippen molar-refractivity contribution >= 4 is 116 Å². The fourth-order valence-electron chi connectivity index (χ4n) is 15.9. The first-order valence-electron chi connectivity index (χ1n) is 37.0. The first-order chi connectivity index (χ1) is 56.2. The van der Waals surface area contributed by atoms with Crippen LogP contribution in [0.1, 0.15) is 99.7 Å². The Balaban J connectivity index is 0.000000151. The van der Waals surface area contributed by atoms with E-state index in [0.717, 1.165) is 43.6 Å². The van der Waals surface area contributed by atoms with Gasteiger partial charge in [0, 0.05) is 60.1 Å². The molecular weight excluding hydrogens is 1590 g/mol. The van der Waals surface area contributed by atoms with E-state index >= 15 is 0 Å². The molecule has 51 nitrogen and oxygen atoms in total. The molecule has 0 radical (unpaired) electrons. The monoisotopic (exact) mass is 1670 g/mol. The maximum Gasteiger partial charge on any atom is 0.315 e. The van der Waals surface area contributed by atoms with Crippen molar-refractivity contribution in [1.82, 2.24) is 129 Å². The number of nitrogen functional groups attached to an aromatic ring is 4. The Morgan fingerprint density at radius 2 is 0.838 bits per heavy atom. The molecule has 624 valence electrons. The number of amides is 4. The van der Waals surface area contributed by atoms with Gasteiger partial charge in [-0.1, -0.05) is 23.3 Å². The van der Waals surface area contributed by atoms with Crippen molar-refractivity contribution in [2.24, 2.45) is 0 Å². The maximum atomic E-state index is 13.0. The number of unbranched alkanes of at least 4 members (excludes halogenated alkanes) is 2. The summed E-state index contributed by atoms with van der Waals surface area (Å²) in [5.41, 5.74) is 21.3. The molecule has 24 N–H and O–H groups in total. The molecule has 0 spiro atoms. The van der Waals surface area contributed by atoms with Gasteiger partial charge in [-0.25, -0.2) is 38.9 Å². The van der Waals surface area contributed by atoms with Crippen molar-refractivity contribution in [2.45, 2.75) is 197 Å². The standard InChI is InChI=1S/C32H39N15O10S.C22H25N13O8.C10H16N2O3S/c33-30-39-24-18(26(52)41-30)35-9-45(24)28-22(50)20(14(57-28)7-55-16(48)4-2-1-3-15-17-12(8-58-15)37-32(54)38-17)47-6-11(43-44-47)5-13-21(49)23(51)29(56-13)46-10-36-19-25(46)40-31(34)42-27(19)53;23-21-27-15-9(17(40)29-21)25-4-33(15)19-13(38)11(8(3-36)43-19)35-2-6(31-32-35)1-7-12(37)14(39)20(42-7)34-5-26-10-16(34)28-22(24)30-18(10)41;13-8(14)4-2-1-3-7-9-6(5-16-7)11-10(15)12-9/h6,9-10,12-15,17,20-23,28-29,49-51H,1-5,7-8H2,(H2,37,38,54)(H3,33,39,41,52)(H3,34,40,42,53);2,4-5,7-8,11-14,19-20,36-39H,1,3H2,(H3,23,27,29,40)(H3,24,28,30,41);6-7,9H,1-5H2,(H,13,14)(H2,11,12,15)/t12-,13+,14+,15-,17-,20+,21+,22+,23+,28+,29+;7-,8-,11-,12-,13-,14-,19-,20-;6-,7-,9-/m010/s1. The number of ether oxygens (including phenoxy) is 5. The van der Waals surface area contributed by atoms with Gasteiger partial charge in [0.25, 0.3) is 22.2 Å². The molecule has 10 aromatic heterocycles. The van der Waals surface area contributed by atoms with E-state index in [1.54, 1.807) is 11.8 Å². The van der Waals surface area contributed by atoms with Crippen LogP contribution in [0.4, 0.5) is 33.4 Å². The Bertz CT molecular complexity index is 5630. The largest absolute Gasteiger partial charge is 0.481 e. The minimum Gasteiger partial charge on any atom is -0.481 e. The second-order valence-corrected chi connectivity index (χ2v) is 31.6. The molecule has 18 heterocycles. The molecule has 4 amide bonds. The lowest BCUT2D eigenvalue weighted by Gasteiger charge is -2.20. The molecule has 0 saturated carbocycles. The van der Waals surface area contributed by atoms with E-state index in [-0.39, 0.29) is 142 Å².